The van der Waals surface area contributed by atoms with Crippen LogP contribution in [0.4, 0.5) is 5.69 Å². The second-order valence-electron chi connectivity index (χ2n) is 2.24. The summed E-state index contributed by atoms with van der Waals surface area (Å²) >= 11 is 3.25. The van der Waals surface area contributed by atoms with E-state index in [1.807, 2.05) is 0 Å². The van der Waals surface area contributed by atoms with Crippen molar-refractivity contribution < 1.29 is 8.94 Å². The minimum atomic E-state index is 0.459. The number of aromatic nitrogens is 1. The van der Waals surface area contributed by atoms with Gasteiger partial charge in [-0.15, -0.1) is 0 Å². The van der Waals surface area contributed by atoms with E-state index in [0.717, 1.165) is 4.47 Å². The molecule has 0 saturated carbocycles. The monoisotopic (exact) mass is 228 g/mol. The number of nitrogens with zero attached hydrogens (tertiary/aromatic N) is 1. The maximum absolute atomic E-state index is 5.55. The Morgan fingerprint density at radius 1 is 1.50 bits per heavy atom. The average Bonchev–Trinajstić information content (AvgIpc) is 2.58. The number of nitrogens with two attached hydrogens (primary N) is 1. The fourth-order valence-electron chi connectivity index (χ4n) is 0.867. The first-order valence-corrected chi connectivity index (χ1v) is 4.01. The number of furan rings is 1. The summed E-state index contributed by atoms with van der Waals surface area (Å²) in [5.41, 5.74) is 6.02. The molecule has 0 atom stereocenters. The Labute approximate surface area is 76.5 Å². The van der Waals surface area contributed by atoms with Gasteiger partial charge in [0.1, 0.15) is 12.0 Å². The molecule has 5 heteroatoms. The van der Waals surface area contributed by atoms with Crippen molar-refractivity contribution in [2.24, 2.45) is 0 Å². The van der Waals surface area contributed by atoms with Crippen molar-refractivity contribution in [3.63, 3.8) is 0 Å². The summed E-state index contributed by atoms with van der Waals surface area (Å²) < 4.78 is 10.8. The maximum atomic E-state index is 5.55. The molecule has 2 rings (SSSR count). The van der Waals surface area contributed by atoms with Gasteiger partial charge in [0.05, 0.1) is 10.7 Å². The summed E-state index contributed by atoms with van der Waals surface area (Å²) in [4.78, 5) is 0. The van der Waals surface area contributed by atoms with E-state index in [4.69, 9.17) is 14.7 Å². The van der Waals surface area contributed by atoms with Gasteiger partial charge < -0.3 is 14.7 Å². The van der Waals surface area contributed by atoms with Crippen molar-refractivity contribution in [1.82, 2.24) is 5.16 Å². The summed E-state index contributed by atoms with van der Waals surface area (Å²) in [6.45, 7) is 0. The second-order valence-corrected chi connectivity index (χ2v) is 3.16. The predicted molar refractivity (Wildman–Crippen MR) is 46.3 cm³/mol. The number of nitrogen functional groups attached to an aromatic ring is 1. The first kappa shape index (κ1) is 7.42. The molecule has 12 heavy (non-hydrogen) atoms. The van der Waals surface area contributed by atoms with Crippen molar-refractivity contribution in [1.29, 1.82) is 0 Å². The molecule has 0 amide bonds. The van der Waals surface area contributed by atoms with Crippen molar-refractivity contribution in [2.75, 3.05) is 5.73 Å². The summed E-state index contributed by atoms with van der Waals surface area (Å²) in [6.07, 6.45) is 2.99. The van der Waals surface area contributed by atoms with Crippen LogP contribution in [0.15, 0.2) is 31.9 Å². The molecule has 0 spiro atoms. The summed E-state index contributed by atoms with van der Waals surface area (Å²) in [7, 11) is 0. The van der Waals surface area contributed by atoms with E-state index >= 15 is 0 Å². The first-order chi connectivity index (χ1) is 5.77. The smallest absolute Gasteiger partial charge is 0.224 e. The highest BCUT2D eigenvalue weighted by molar-refractivity contribution is 9.10. The highest BCUT2D eigenvalue weighted by Crippen LogP contribution is 2.28. The van der Waals surface area contributed by atoms with E-state index in [1.165, 1.54) is 6.20 Å². The lowest BCUT2D eigenvalue weighted by atomic mass is 10.3. The minimum absolute atomic E-state index is 0.459. The van der Waals surface area contributed by atoms with Gasteiger partial charge in [-0.05, 0) is 15.9 Å². The standard InChI is InChI=1S/C7H5BrN2O2/c8-4-1-6(11-3-4)7-5(9)2-10-12-7/h1-3H,9H2. The van der Waals surface area contributed by atoms with Gasteiger partial charge in [0.15, 0.2) is 5.76 Å². The van der Waals surface area contributed by atoms with Crippen molar-refractivity contribution in [3.05, 3.63) is 23.0 Å². The van der Waals surface area contributed by atoms with E-state index in [0.29, 0.717) is 17.2 Å². The van der Waals surface area contributed by atoms with Gasteiger partial charge in [0.2, 0.25) is 5.76 Å². The van der Waals surface area contributed by atoms with Crippen molar-refractivity contribution >= 4 is 21.6 Å². The normalized spacial score (nSPS) is 10.4. The van der Waals surface area contributed by atoms with Crippen LogP contribution in [0.25, 0.3) is 11.5 Å². The number of rotatable bonds is 1. The fraction of sp³-hybridized carbons (Fsp3) is 0. The molecular weight excluding hydrogens is 224 g/mol. The highest BCUT2D eigenvalue weighted by atomic mass is 79.9. The molecule has 2 heterocycles. The maximum Gasteiger partial charge on any atom is 0.224 e. The molecule has 0 fully saturated rings. The zero-order valence-electron chi connectivity index (χ0n) is 5.95. The number of hydrogen-bond donors (Lipinski definition) is 1. The Morgan fingerprint density at radius 2 is 2.33 bits per heavy atom. The molecular formula is C7H5BrN2O2. The van der Waals surface area contributed by atoms with Gasteiger partial charge in [-0.2, -0.15) is 0 Å². The molecule has 0 unspecified atom stereocenters. The molecule has 2 N–H and O–H groups in total. The fourth-order valence-corrected chi connectivity index (χ4v) is 1.17. The van der Waals surface area contributed by atoms with Crippen LogP contribution in [0.5, 0.6) is 0 Å². The van der Waals surface area contributed by atoms with Crippen LogP contribution in [-0.4, -0.2) is 5.16 Å². The zero-order chi connectivity index (χ0) is 8.55. The van der Waals surface area contributed by atoms with Crippen LogP contribution >= 0.6 is 15.9 Å². The number of hydrogen-bond acceptors (Lipinski definition) is 4. The Kier molecular flexibility index (Phi) is 1.65. The number of anilines is 1. The van der Waals surface area contributed by atoms with Gasteiger partial charge in [-0.1, -0.05) is 5.16 Å². The lowest BCUT2D eigenvalue weighted by molar-refractivity contribution is 0.418. The summed E-state index contributed by atoms with van der Waals surface area (Å²) in [5.74, 6) is 1.03. The quantitative estimate of drug-likeness (QED) is 0.814. The van der Waals surface area contributed by atoms with E-state index in [2.05, 4.69) is 21.1 Å². The van der Waals surface area contributed by atoms with Gasteiger partial charge in [0, 0.05) is 6.07 Å². The van der Waals surface area contributed by atoms with Crippen LogP contribution in [0, 0.1) is 0 Å². The van der Waals surface area contributed by atoms with Crippen LogP contribution < -0.4 is 5.73 Å². The molecule has 0 radical (unpaired) electrons. The summed E-state index contributed by atoms with van der Waals surface area (Å²) in [5, 5.41) is 3.53. The van der Waals surface area contributed by atoms with E-state index in [-0.39, 0.29) is 0 Å². The van der Waals surface area contributed by atoms with Crippen molar-refractivity contribution in [3.8, 4) is 11.5 Å². The summed E-state index contributed by atoms with van der Waals surface area (Å²) in [6, 6.07) is 1.76. The number of halogens is 1. The Bertz CT molecular complexity index is 394. The molecule has 0 aliphatic carbocycles. The molecule has 0 aromatic carbocycles. The molecule has 2 aromatic rings. The Morgan fingerprint density at radius 3 is 2.83 bits per heavy atom. The second kappa shape index (κ2) is 2.67. The van der Waals surface area contributed by atoms with E-state index in [9.17, 15) is 0 Å². The SMILES string of the molecule is Nc1cnoc1-c1cc(Br)co1. The molecule has 0 bridgehead atoms. The van der Waals surface area contributed by atoms with Gasteiger partial charge in [-0.3, -0.25) is 0 Å². The van der Waals surface area contributed by atoms with Crippen LogP contribution in [0.2, 0.25) is 0 Å². The molecule has 4 nitrogen and oxygen atoms in total. The Balaban J connectivity index is 2.50. The topological polar surface area (TPSA) is 65.2 Å². The largest absolute Gasteiger partial charge is 0.460 e. The highest BCUT2D eigenvalue weighted by Gasteiger charge is 2.11. The molecule has 2 aromatic heterocycles. The van der Waals surface area contributed by atoms with Crippen molar-refractivity contribution in [2.45, 2.75) is 0 Å². The average molecular weight is 229 g/mol. The van der Waals surface area contributed by atoms with Crippen LogP contribution in [0.1, 0.15) is 0 Å². The first-order valence-electron chi connectivity index (χ1n) is 3.22. The van der Waals surface area contributed by atoms with Gasteiger partial charge >= 0.3 is 0 Å². The third kappa shape index (κ3) is 1.12. The predicted octanol–water partition coefficient (Wildman–Crippen LogP) is 2.28. The van der Waals surface area contributed by atoms with E-state index < -0.39 is 0 Å². The van der Waals surface area contributed by atoms with Crippen LogP contribution in [-0.2, 0) is 0 Å². The lowest BCUT2D eigenvalue weighted by Crippen LogP contribution is -1.82. The molecule has 0 aliphatic rings. The third-order valence-electron chi connectivity index (χ3n) is 1.39. The molecule has 0 aliphatic heterocycles. The third-order valence-corrected chi connectivity index (χ3v) is 1.81. The zero-order valence-corrected chi connectivity index (χ0v) is 7.54. The minimum Gasteiger partial charge on any atom is -0.460 e. The van der Waals surface area contributed by atoms with Crippen LogP contribution in [0.3, 0.4) is 0 Å². The molecule has 62 valence electrons. The lowest BCUT2D eigenvalue weighted by Gasteiger charge is -1.87. The van der Waals surface area contributed by atoms with Gasteiger partial charge in [-0.25, -0.2) is 0 Å². The van der Waals surface area contributed by atoms with E-state index in [1.54, 1.807) is 12.3 Å². The molecule has 0 saturated heterocycles. The van der Waals surface area contributed by atoms with Gasteiger partial charge in [0.25, 0.3) is 0 Å². The Hall–Kier alpha value is -1.23.